The third-order valence-corrected chi connectivity index (χ3v) is 2.96. The van der Waals surface area contributed by atoms with Crippen LogP contribution in [0.1, 0.15) is 10.4 Å². The first-order valence-corrected chi connectivity index (χ1v) is 5.85. The Bertz CT molecular complexity index is 537. The number of pyridine rings is 1. The zero-order valence-corrected chi connectivity index (χ0v) is 10.4. The molecule has 0 aliphatic carbocycles. The lowest BCUT2D eigenvalue weighted by atomic mass is 10.1. The maximum Gasteiger partial charge on any atom is 0.275 e. The highest BCUT2D eigenvalue weighted by Gasteiger charge is 2.14. The molecule has 2 nitrogen and oxygen atoms in total. The van der Waals surface area contributed by atoms with Gasteiger partial charge >= 0.3 is 0 Å². The van der Waals surface area contributed by atoms with Gasteiger partial charge in [-0.15, -0.1) is 0 Å². The van der Waals surface area contributed by atoms with E-state index in [-0.39, 0.29) is 12.3 Å². The Kier molecular flexibility index (Phi) is 3.77. The molecule has 86 valence electrons. The smallest absolute Gasteiger partial charge is 0.275 e. The number of rotatable bonds is 3. The van der Waals surface area contributed by atoms with Gasteiger partial charge in [-0.1, -0.05) is 11.6 Å². The largest absolute Gasteiger partial charge is 0.287 e. The quantitative estimate of drug-likeness (QED) is 0.475. The van der Waals surface area contributed by atoms with E-state index in [9.17, 15) is 4.79 Å². The Labute approximate surface area is 109 Å². The Hall–Kier alpha value is -1.38. The second kappa shape index (κ2) is 5.30. The van der Waals surface area contributed by atoms with Gasteiger partial charge in [0.2, 0.25) is 12.3 Å². The Balaban J connectivity index is 2.17. The van der Waals surface area contributed by atoms with E-state index in [1.807, 2.05) is 12.1 Å². The van der Waals surface area contributed by atoms with Crippen LogP contribution in [0, 0.1) is 0 Å². The average Bonchev–Trinajstić information content (AvgIpc) is 2.33. The Morgan fingerprint density at radius 3 is 2.41 bits per heavy atom. The molecule has 17 heavy (non-hydrogen) atoms. The highest BCUT2D eigenvalue weighted by Crippen LogP contribution is 2.10. The molecule has 0 bridgehead atoms. The molecule has 2 aromatic rings. The fourth-order valence-electron chi connectivity index (χ4n) is 1.47. The van der Waals surface area contributed by atoms with Crippen LogP contribution >= 0.6 is 23.2 Å². The van der Waals surface area contributed by atoms with Crippen LogP contribution in [0.5, 0.6) is 0 Å². The first-order valence-electron chi connectivity index (χ1n) is 5.09. The number of hydrogen-bond acceptors (Lipinski definition) is 1. The van der Waals surface area contributed by atoms with Crippen molar-refractivity contribution in [1.82, 2.24) is 0 Å². The molecular formula is C13H10Cl2NO+. The number of carbonyl (C=O) groups is 1. The summed E-state index contributed by atoms with van der Waals surface area (Å²) in [5.41, 5.74) is 0.627. The first-order chi connectivity index (χ1) is 8.16. The van der Waals surface area contributed by atoms with E-state index in [2.05, 4.69) is 0 Å². The zero-order chi connectivity index (χ0) is 12.3. The predicted octanol–water partition coefficient (Wildman–Crippen LogP) is 3.16. The lowest BCUT2D eigenvalue weighted by molar-refractivity contribution is -0.681. The van der Waals surface area contributed by atoms with Gasteiger partial charge in [0.25, 0.3) is 5.15 Å². The lowest BCUT2D eigenvalue weighted by Crippen LogP contribution is -2.38. The molecule has 4 heteroatoms. The van der Waals surface area contributed by atoms with Gasteiger partial charge in [0, 0.05) is 22.7 Å². The summed E-state index contributed by atoms with van der Waals surface area (Å²) in [5.74, 6) is -0.000216. The third-order valence-electron chi connectivity index (χ3n) is 2.37. The maximum atomic E-state index is 12.0. The molecule has 0 saturated carbocycles. The van der Waals surface area contributed by atoms with Crippen molar-refractivity contribution in [2.75, 3.05) is 0 Å². The number of aromatic nitrogens is 1. The van der Waals surface area contributed by atoms with Crippen LogP contribution in [0.15, 0.2) is 48.7 Å². The van der Waals surface area contributed by atoms with Crippen LogP contribution in [0.2, 0.25) is 10.2 Å². The van der Waals surface area contributed by atoms with Crippen LogP contribution in [-0.4, -0.2) is 5.78 Å². The van der Waals surface area contributed by atoms with E-state index < -0.39 is 0 Å². The van der Waals surface area contributed by atoms with Gasteiger partial charge in [-0.05, 0) is 41.9 Å². The lowest BCUT2D eigenvalue weighted by Gasteiger charge is -1.99. The summed E-state index contributed by atoms with van der Waals surface area (Å²) < 4.78 is 1.69. The van der Waals surface area contributed by atoms with Crippen molar-refractivity contribution >= 4 is 29.0 Å². The van der Waals surface area contributed by atoms with Gasteiger partial charge in [0.1, 0.15) is 0 Å². The molecule has 0 atom stereocenters. The normalized spacial score (nSPS) is 10.2. The van der Waals surface area contributed by atoms with Gasteiger partial charge < -0.3 is 0 Å². The SMILES string of the molecule is O=C(C[n+]1ccccc1Cl)c1ccc(Cl)cc1. The molecule has 0 saturated heterocycles. The molecule has 0 aliphatic heterocycles. The summed E-state index contributed by atoms with van der Waals surface area (Å²) in [4.78, 5) is 12.0. The molecule has 1 aromatic carbocycles. The van der Waals surface area contributed by atoms with Crippen molar-refractivity contribution in [2.24, 2.45) is 0 Å². The van der Waals surface area contributed by atoms with Crippen LogP contribution < -0.4 is 4.57 Å². The van der Waals surface area contributed by atoms with E-state index in [1.165, 1.54) is 0 Å². The monoisotopic (exact) mass is 266 g/mol. The summed E-state index contributed by atoms with van der Waals surface area (Å²) in [6.07, 6.45) is 1.77. The average molecular weight is 267 g/mol. The summed E-state index contributed by atoms with van der Waals surface area (Å²) in [7, 11) is 0. The predicted molar refractivity (Wildman–Crippen MR) is 67.4 cm³/mol. The first kappa shape index (κ1) is 12.1. The standard InChI is InChI=1S/C13H10Cl2NO/c14-11-6-4-10(5-7-11)12(17)9-16-8-2-1-3-13(16)15/h1-8H,9H2/q+1. The van der Waals surface area contributed by atoms with Crippen molar-refractivity contribution in [3.8, 4) is 0 Å². The number of carbonyl (C=O) groups excluding carboxylic acids is 1. The minimum absolute atomic E-state index is 0.000216. The maximum absolute atomic E-state index is 12.0. The second-order valence-corrected chi connectivity index (χ2v) is 4.41. The molecule has 0 spiro atoms. The van der Waals surface area contributed by atoms with Crippen molar-refractivity contribution in [1.29, 1.82) is 0 Å². The van der Waals surface area contributed by atoms with Crippen LogP contribution in [0.25, 0.3) is 0 Å². The number of nitrogens with zero attached hydrogens (tertiary/aromatic N) is 1. The van der Waals surface area contributed by atoms with E-state index in [4.69, 9.17) is 23.2 Å². The molecule has 0 radical (unpaired) electrons. The van der Waals surface area contributed by atoms with Crippen molar-refractivity contribution in [2.45, 2.75) is 6.54 Å². The van der Waals surface area contributed by atoms with Gasteiger partial charge in [-0.3, -0.25) is 4.79 Å². The fraction of sp³-hybridized carbons (Fsp3) is 0.0769. The minimum Gasteiger partial charge on any atom is -0.287 e. The van der Waals surface area contributed by atoms with E-state index in [1.54, 1.807) is 41.1 Å². The van der Waals surface area contributed by atoms with Crippen molar-refractivity contribution < 1.29 is 9.36 Å². The number of Topliss-reactive ketones (excluding diaryl/α,β-unsaturated/α-hetero) is 1. The molecular weight excluding hydrogens is 257 g/mol. The summed E-state index contributed by atoms with van der Waals surface area (Å²) in [5, 5.41) is 1.15. The molecule has 0 aliphatic rings. The van der Waals surface area contributed by atoms with E-state index in [0.717, 1.165) is 0 Å². The van der Waals surface area contributed by atoms with Gasteiger partial charge in [0.05, 0.1) is 0 Å². The van der Waals surface area contributed by atoms with Crippen LogP contribution in [0.3, 0.4) is 0 Å². The number of halogens is 2. The van der Waals surface area contributed by atoms with Crippen LogP contribution in [0.4, 0.5) is 0 Å². The number of benzene rings is 1. The zero-order valence-electron chi connectivity index (χ0n) is 8.94. The minimum atomic E-state index is -0.000216. The van der Waals surface area contributed by atoms with E-state index >= 15 is 0 Å². The molecule has 0 N–H and O–H groups in total. The van der Waals surface area contributed by atoms with Gasteiger partial charge in [-0.25, -0.2) is 0 Å². The van der Waals surface area contributed by atoms with Crippen molar-refractivity contribution in [3.05, 3.63) is 64.4 Å². The summed E-state index contributed by atoms with van der Waals surface area (Å²) >= 11 is 11.7. The highest BCUT2D eigenvalue weighted by molar-refractivity contribution is 6.30. The molecule has 2 rings (SSSR count). The Morgan fingerprint density at radius 1 is 1.06 bits per heavy atom. The molecule has 0 amide bonds. The number of ketones is 1. The van der Waals surface area contributed by atoms with Gasteiger partial charge in [-0.2, -0.15) is 4.57 Å². The number of hydrogen-bond donors (Lipinski definition) is 0. The van der Waals surface area contributed by atoms with Gasteiger partial charge in [0.15, 0.2) is 6.20 Å². The topological polar surface area (TPSA) is 20.9 Å². The molecule has 1 heterocycles. The summed E-state index contributed by atoms with van der Waals surface area (Å²) in [6, 6.07) is 12.2. The van der Waals surface area contributed by atoms with E-state index in [0.29, 0.717) is 15.7 Å². The molecule has 1 aromatic heterocycles. The highest BCUT2D eigenvalue weighted by atomic mass is 35.5. The fourth-order valence-corrected chi connectivity index (χ4v) is 1.78. The molecule has 0 fully saturated rings. The molecule has 0 unspecified atom stereocenters. The van der Waals surface area contributed by atoms with Crippen LogP contribution in [-0.2, 0) is 6.54 Å². The second-order valence-electron chi connectivity index (χ2n) is 3.58. The third kappa shape index (κ3) is 3.05. The summed E-state index contributed by atoms with van der Waals surface area (Å²) in [6.45, 7) is 0.224. The Morgan fingerprint density at radius 2 is 1.76 bits per heavy atom. The van der Waals surface area contributed by atoms with Crippen molar-refractivity contribution in [3.63, 3.8) is 0 Å².